The molecule has 1 amide bonds. The minimum atomic E-state index is -0.601. The number of benzene rings is 1. The van der Waals surface area contributed by atoms with E-state index in [-0.39, 0.29) is 28.5 Å². The molecular formula is C14H19ClFNO2. The monoisotopic (exact) mass is 287 g/mol. The van der Waals surface area contributed by atoms with Crippen molar-refractivity contribution in [3.8, 4) is 0 Å². The van der Waals surface area contributed by atoms with E-state index in [0.29, 0.717) is 6.54 Å². The number of halogens is 2. The van der Waals surface area contributed by atoms with Crippen molar-refractivity contribution in [1.82, 2.24) is 5.32 Å². The minimum Gasteiger partial charge on any atom is -0.396 e. The highest BCUT2D eigenvalue weighted by atomic mass is 35.5. The Morgan fingerprint density at radius 2 is 2.16 bits per heavy atom. The zero-order valence-corrected chi connectivity index (χ0v) is 11.9. The van der Waals surface area contributed by atoms with Crippen LogP contribution < -0.4 is 5.32 Å². The van der Waals surface area contributed by atoms with E-state index in [1.807, 2.05) is 13.8 Å². The van der Waals surface area contributed by atoms with E-state index in [4.69, 9.17) is 16.7 Å². The largest absolute Gasteiger partial charge is 0.396 e. The summed E-state index contributed by atoms with van der Waals surface area (Å²) in [7, 11) is 0. The van der Waals surface area contributed by atoms with Gasteiger partial charge in [0.2, 0.25) is 0 Å². The van der Waals surface area contributed by atoms with Crippen molar-refractivity contribution in [3.63, 3.8) is 0 Å². The molecule has 1 rings (SSSR count). The summed E-state index contributed by atoms with van der Waals surface area (Å²) < 4.78 is 13.2. The van der Waals surface area contributed by atoms with Crippen molar-refractivity contribution in [2.45, 2.75) is 26.7 Å². The lowest BCUT2D eigenvalue weighted by Crippen LogP contribution is -2.26. The van der Waals surface area contributed by atoms with Crippen LogP contribution in [0.3, 0.4) is 0 Å². The highest BCUT2D eigenvalue weighted by molar-refractivity contribution is 6.34. The first-order valence-corrected chi connectivity index (χ1v) is 6.58. The van der Waals surface area contributed by atoms with E-state index in [9.17, 15) is 9.18 Å². The van der Waals surface area contributed by atoms with Crippen molar-refractivity contribution in [2.24, 2.45) is 5.41 Å². The molecule has 5 heteroatoms. The summed E-state index contributed by atoms with van der Waals surface area (Å²) >= 11 is 5.73. The van der Waals surface area contributed by atoms with Gasteiger partial charge in [0.1, 0.15) is 5.82 Å². The topological polar surface area (TPSA) is 49.3 Å². The molecule has 3 nitrogen and oxygen atoms in total. The van der Waals surface area contributed by atoms with E-state index in [1.54, 1.807) is 0 Å². The van der Waals surface area contributed by atoms with Gasteiger partial charge in [-0.15, -0.1) is 0 Å². The van der Waals surface area contributed by atoms with Gasteiger partial charge < -0.3 is 10.4 Å². The summed E-state index contributed by atoms with van der Waals surface area (Å²) in [4.78, 5) is 11.8. The predicted molar refractivity (Wildman–Crippen MR) is 73.8 cm³/mol. The molecule has 0 fully saturated rings. The van der Waals surface area contributed by atoms with Gasteiger partial charge in [0.25, 0.3) is 5.91 Å². The van der Waals surface area contributed by atoms with E-state index >= 15 is 0 Å². The van der Waals surface area contributed by atoms with Crippen LogP contribution in [0.2, 0.25) is 5.02 Å². The summed E-state index contributed by atoms with van der Waals surface area (Å²) in [6, 6.07) is 4.15. The molecule has 0 unspecified atom stereocenters. The Hall–Kier alpha value is -1.13. The van der Waals surface area contributed by atoms with Crippen LogP contribution in [-0.2, 0) is 0 Å². The lowest BCUT2D eigenvalue weighted by molar-refractivity contribution is 0.0948. The lowest BCUT2D eigenvalue weighted by atomic mass is 9.89. The Bertz CT molecular complexity index is 449. The van der Waals surface area contributed by atoms with Crippen LogP contribution in [0.25, 0.3) is 0 Å². The van der Waals surface area contributed by atoms with E-state index in [1.165, 1.54) is 18.2 Å². The standard InChI is InChI=1S/C14H19ClFNO2/c1-14(2,9-18)7-4-8-17-13(19)10-5-3-6-11(16)12(10)15/h3,5-6,18H,4,7-9H2,1-2H3,(H,17,19). The Morgan fingerprint density at radius 3 is 2.79 bits per heavy atom. The molecule has 0 radical (unpaired) electrons. The SMILES string of the molecule is CC(C)(CO)CCCNC(=O)c1cccc(F)c1Cl. The average molecular weight is 288 g/mol. The first-order chi connectivity index (χ1) is 8.87. The lowest BCUT2D eigenvalue weighted by Gasteiger charge is -2.21. The fourth-order valence-electron chi connectivity index (χ4n) is 1.62. The summed E-state index contributed by atoms with van der Waals surface area (Å²) in [5.74, 6) is -0.984. The zero-order valence-electron chi connectivity index (χ0n) is 11.2. The molecular weight excluding hydrogens is 269 g/mol. The van der Waals surface area contributed by atoms with Gasteiger partial charge in [0.15, 0.2) is 0 Å². The summed E-state index contributed by atoms with van der Waals surface area (Å²) in [5, 5.41) is 11.6. The van der Waals surface area contributed by atoms with Crippen LogP contribution in [0.4, 0.5) is 4.39 Å². The number of hydrogen-bond acceptors (Lipinski definition) is 2. The molecule has 0 aromatic heterocycles. The predicted octanol–water partition coefficient (Wildman–Crippen LogP) is 3.01. The molecule has 0 aliphatic rings. The Labute approximate surface area is 117 Å². The van der Waals surface area contributed by atoms with Gasteiger partial charge in [0.05, 0.1) is 10.6 Å². The zero-order chi connectivity index (χ0) is 14.5. The molecule has 0 saturated heterocycles. The smallest absolute Gasteiger partial charge is 0.252 e. The van der Waals surface area contributed by atoms with Crippen LogP contribution in [0.1, 0.15) is 37.0 Å². The fraction of sp³-hybridized carbons (Fsp3) is 0.500. The van der Waals surface area contributed by atoms with Crippen molar-refractivity contribution >= 4 is 17.5 Å². The maximum absolute atomic E-state index is 13.2. The fourth-order valence-corrected chi connectivity index (χ4v) is 1.83. The first kappa shape index (κ1) is 15.9. The van der Waals surface area contributed by atoms with Gasteiger partial charge in [-0.3, -0.25) is 4.79 Å². The normalized spacial score (nSPS) is 11.4. The maximum Gasteiger partial charge on any atom is 0.252 e. The Morgan fingerprint density at radius 1 is 1.47 bits per heavy atom. The van der Waals surface area contributed by atoms with Crippen molar-refractivity contribution in [3.05, 3.63) is 34.6 Å². The van der Waals surface area contributed by atoms with E-state index in [0.717, 1.165) is 12.8 Å². The molecule has 106 valence electrons. The van der Waals surface area contributed by atoms with Crippen LogP contribution >= 0.6 is 11.6 Å². The van der Waals surface area contributed by atoms with E-state index in [2.05, 4.69) is 5.32 Å². The molecule has 19 heavy (non-hydrogen) atoms. The molecule has 0 aliphatic carbocycles. The number of carbonyl (C=O) groups is 1. The third-order valence-electron chi connectivity index (χ3n) is 2.94. The van der Waals surface area contributed by atoms with Gasteiger partial charge >= 0.3 is 0 Å². The number of carbonyl (C=O) groups excluding carboxylic acids is 1. The second kappa shape index (κ2) is 6.87. The second-order valence-corrected chi connectivity index (χ2v) is 5.66. The van der Waals surface area contributed by atoms with Crippen molar-refractivity contribution < 1.29 is 14.3 Å². The number of nitrogens with one attached hydrogen (secondary N) is 1. The summed E-state index contributed by atoms with van der Waals surface area (Å²) in [5.41, 5.74) is -0.00981. The average Bonchev–Trinajstić information content (AvgIpc) is 2.37. The number of amides is 1. The van der Waals surface area contributed by atoms with Gasteiger partial charge in [-0.1, -0.05) is 31.5 Å². The van der Waals surface area contributed by atoms with Crippen LogP contribution in [-0.4, -0.2) is 24.2 Å². The Kier molecular flexibility index (Phi) is 5.76. The van der Waals surface area contributed by atoms with Crippen LogP contribution in [0, 0.1) is 11.2 Å². The number of hydrogen-bond donors (Lipinski definition) is 2. The van der Waals surface area contributed by atoms with Crippen molar-refractivity contribution in [1.29, 1.82) is 0 Å². The van der Waals surface area contributed by atoms with Gasteiger partial charge in [-0.2, -0.15) is 0 Å². The summed E-state index contributed by atoms with van der Waals surface area (Å²) in [6.45, 7) is 4.49. The summed E-state index contributed by atoms with van der Waals surface area (Å²) in [6.07, 6.45) is 1.53. The molecule has 0 spiro atoms. The molecule has 1 aromatic carbocycles. The van der Waals surface area contributed by atoms with Crippen molar-refractivity contribution in [2.75, 3.05) is 13.2 Å². The molecule has 2 N–H and O–H groups in total. The molecule has 0 aliphatic heterocycles. The van der Waals surface area contributed by atoms with Crippen LogP contribution in [0.15, 0.2) is 18.2 Å². The molecule has 1 aromatic rings. The molecule has 0 atom stereocenters. The molecule has 0 heterocycles. The maximum atomic E-state index is 13.2. The quantitative estimate of drug-likeness (QED) is 0.790. The number of rotatable bonds is 6. The van der Waals surface area contributed by atoms with Gasteiger partial charge in [0, 0.05) is 13.2 Å². The molecule has 0 saturated carbocycles. The van der Waals surface area contributed by atoms with Crippen LogP contribution in [0.5, 0.6) is 0 Å². The highest BCUT2D eigenvalue weighted by Crippen LogP contribution is 2.21. The highest BCUT2D eigenvalue weighted by Gasteiger charge is 2.16. The van der Waals surface area contributed by atoms with E-state index < -0.39 is 5.82 Å². The number of aliphatic hydroxyl groups excluding tert-OH is 1. The minimum absolute atomic E-state index is 0.108. The first-order valence-electron chi connectivity index (χ1n) is 6.20. The van der Waals surface area contributed by atoms with Gasteiger partial charge in [-0.25, -0.2) is 4.39 Å². The third kappa shape index (κ3) is 4.80. The Balaban J connectivity index is 2.46. The second-order valence-electron chi connectivity index (χ2n) is 5.28. The third-order valence-corrected chi connectivity index (χ3v) is 3.32. The van der Waals surface area contributed by atoms with Gasteiger partial charge in [-0.05, 0) is 30.4 Å². The number of aliphatic hydroxyl groups is 1. The molecule has 0 bridgehead atoms.